The van der Waals surface area contributed by atoms with Gasteiger partial charge in [0.25, 0.3) is 0 Å². The Morgan fingerprint density at radius 1 is 1.21 bits per heavy atom. The monoisotopic (exact) mass is 407 g/mol. The van der Waals surface area contributed by atoms with Crippen molar-refractivity contribution in [3.63, 3.8) is 0 Å². The minimum atomic E-state index is -4.57. The molecule has 10 heteroatoms. The summed E-state index contributed by atoms with van der Waals surface area (Å²) >= 11 is 0. The summed E-state index contributed by atoms with van der Waals surface area (Å²) in [6, 6.07) is 5.21. The highest BCUT2D eigenvalue weighted by Gasteiger charge is 2.33. The summed E-state index contributed by atoms with van der Waals surface area (Å²) < 4.78 is 46.1. The minimum absolute atomic E-state index is 0.0212. The van der Waals surface area contributed by atoms with Gasteiger partial charge in [-0.2, -0.15) is 18.4 Å². The molecule has 0 aliphatic carbocycles. The van der Waals surface area contributed by atoms with Crippen LogP contribution in [0.15, 0.2) is 24.4 Å². The number of hydrogen-bond acceptors (Lipinski definition) is 6. The largest absolute Gasteiger partial charge is 0.464 e. The zero-order valence-electron chi connectivity index (χ0n) is 16.0. The van der Waals surface area contributed by atoms with Gasteiger partial charge in [0.15, 0.2) is 5.69 Å². The van der Waals surface area contributed by atoms with Gasteiger partial charge in [0.1, 0.15) is 6.07 Å². The first-order valence-corrected chi connectivity index (χ1v) is 8.81. The highest BCUT2D eigenvalue weighted by molar-refractivity contribution is 5.96. The molecular formula is C19H20F3N5O2. The third-order valence-electron chi connectivity index (χ3n) is 4.95. The number of nitrogens with two attached hydrogens (primary N) is 1. The van der Waals surface area contributed by atoms with Crippen LogP contribution in [-0.4, -0.2) is 55.8 Å². The van der Waals surface area contributed by atoms with Crippen LogP contribution < -0.4 is 10.6 Å². The van der Waals surface area contributed by atoms with Gasteiger partial charge in [-0.1, -0.05) is 0 Å². The summed E-state index contributed by atoms with van der Waals surface area (Å²) in [5.41, 5.74) is 5.32. The molecule has 29 heavy (non-hydrogen) atoms. The lowest BCUT2D eigenvalue weighted by Crippen LogP contribution is -2.44. The Morgan fingerprint density at radius 2 is 1.86 bits per heavy atom. The van der Waals surface area contributed by atoms with Crippen molar-refractivity contribution >= 4 is 17.3 Å². The molecule has 1 aromatic heterocycles. The van der Waals surface area contributed by atoms with Crippen LogP contribution in [0.3, 0.4) is 0 Å². The number of piperazine rings is 1. The van der Waals surface area contributed by atoms with Crippen molar-refractivity contribution in [2.45, 2.75) is 6.18 Å². The summed E-state index contributed by atoms with van der Waals surface area (Å²) in [5, 5.41) is 9.30. The van der Waals surface area contributed by atoms with E-state index in [0.29, 0.717) is 18.8 Å². The second kappa shape index (κ2) is 7.67. The molecule has 2 aromatic rings. The fourth-order valence-corrected chi connectivity index (χ4v) is 3.31. The highest BCUT2D eigenvalue weighted by atomic mass is 19.4. The molecule has 154 valence electrons. The number of esters is 1. The molecule has 7 nitrogen and oxygen atoms in total. The molecule has 0 spiro atoms. The summed E-state index contributed by atoms with van der Waals surface area (Å²) in [6.45, 7) is 2.68. The van der Waals surface area contributed by atoms with Crippen molar-refractivity contribution in [2.75, 3.05) is 51.0 Å². The van der Waals surface area contributed by atoms with Crippen molar-refractivity contribution in [1.29, 1.82) is 5.26 Å². The van der Waals surface area contributed by atoms with E-state index in [1.807, 2.05) is 18.0 Å². The zero-order chi connectivity index (χ0) is 21.3. The second-order valence-corrected chi connectivity index (χ2v) is 6.77. The van der Waals surface area contributed by atoms with E-state index in [2.05, 4.69) is 4.90 Å². The van der Waals surface area contributed by atoms with E-state index >= 15 is 0 Å². The summed E-state index contributed by atoms with van der Waals surface area (Å²) in [5.74, 6) is -0.842. The average Bonchev–Trinajstić information content (AvgIpc) is 3.03. The van der Waals surface area contributed by atoms with Crippen LogP contribution in [0.4, 0.5) is 24.5 Å². The number of anilines is 2. The number of alkyl halides is 3. The number of methoxy groups -OCH3 is 1. The first-order valence-electron chi connectivity index (χ1n) is 8.81. The number of aromatic nitrogens is 1. The first kappa shape index (κ1) is 20.5. The highest BCUT2D eigenvalue weighted by Crippen LogP contribution is 2.37. The number of nitrogens with zero attached hydrogens (tertiary/aromatic N) is 4. The molecule has 3 rings (SSSR count). The van der Waals surface area contributed by atoms with E-state index in [-0.39, 0.29) is 22.6 Å². The summed E-state index contributed by atoms with van der Waals surface area (Å²) in [6.07, 6.45) is -3.31. The lowest BCUT2D eigenvalue weighted by molar-refractivity contribution is -0.137. The van der Waals surface area contributed by atoms with E-state index in [9.17, 15) is 23.2 Å². The fourth-order valence-electron chi connectivity index (χ4n) is 3.31. The fraction of sp³-hybridized carbons (Fsp3) is 0.368. The van der Waals surface area contributed by atoms with Crippen LogP contribution in [0.5, 0.6) is 0 Å². The van der Waals surface area contributed by atoms with Crippen LogP contribution in [0.25, 0.3) is 5.69 Å². The van der Waals surface area contributed by atoms with E-state index < -0.39 is 17.7 Å². The maximum atomic E-state index is 13.4. The van der Waals surface area contributed by atoms with E-state index in [1.54, 1.807) is 0 Å². The lowest BCUT2D eigenvalue weighted by Gasteiger charge is -2.35. The number of hydrogen-bond donors (Lipinski definition) is 1. The van der Waals surface area contributed by atoms with Gasteiger partial charge >= 0.3 is 12.1 Å². The molecule has 2 heterocycles. The van der Waals surface area contributed by atoms with Gasteiger partial charge in [0.2, 0.25) is 0 Å². The third-order valence-corrected chi connectivity index (χ3v) is 4.95. The normalized spacial score (nSPS) is 15.2. The van der Waals surface area contributed by atoms with Crippen LogP contribution >= 0.6 is 0 Å². The molecule has 2 N–H and O–H groups in total. The van der Waals surface area contributed by atoms with Gasteiger partial charge in [-0.25, -0.2) is 4.79 Å². The molecule has 1 saturated heterocycles. The number of nitrogen functional groups attached to an aromatic ring is 1. The van der Waals surface area contributed by atoms with Gasteiger partial charge in [0, 0.05) is 32.4 Å². The Kier molecular flexibility index (Phi) is 5.44. The van der Waals surface area contributed by atoms with E-state index in [0.717, 1.165) is 32.3 Å². The Hall–Kier alpha value is -3.19. The van der Waals surface area contributed by atoms with Crippen molar-refractivity contribution in [3.8, 4) is 11.8 Å². The number of carbonyl (C=O) groups is 1. The number of rotatable bonds is 3. The Morgan fingerprint density at radius 3 is 2.41 bits per heavy atom. The van der Waals surface area contributed by atoms with Gasteiger partial charge in [-0.15, -0.1) is 0 Å². The van der Waals surface area contributed by atoms with Gasteiger partial charge in [-0.05, 0) is 25.2 Å². The molecule has 0 bridgehead atoms. The van der Waals surface area contributed by atoms with Crippen LogP contribution in [-0.2, 0) is 10.9 Å². The van der Waals surface area contributed by atoms with Gasteiger partial charge in [0.05, 0.1) is 35.3 Å². The summed E-state index contributed by atoms with van der Waals surface area (Å²) in [4.78, 5) is 16.4. The predicted octanol–water partition coefficient (Wildman–Crippen LogP) is 2.49. The van der Waals surface area contributed by atoms with Crippen LogP contribution in [0.1, 0.15) is 21.6 Å². The zero-order valence-corrected chi connectivity index (χ0v) is 16.0. The molecule has 1 aliphatic rings. The van der Waals surface area contributed by atoms with Gasteiger partial charge in [-0.3, -0.25) is 0 Å². The molecule has 1 aliphatic heterocycles. The van der Waals surface area contributed by atoms with E-state index in [4.69, 9.17) is 10.5 Å². The van der Waals surface area contributed by atoms with Crippen LogP contribution in [0, 0.1) is 11.3 Å². The lowest BCUT2D eigenvalue weighted by atomic mass is 10.1. The molecular weight excluding hydrogens is 387 g/mol. The maximum Gasteiger partial charge on any atom is 0.416 e. The maximum absolute atomic E-state index is 13.4. The minimum Gasteiger partial charge on any atom is -0.464 e. The van der Waals surface area contributed by atoms with Crippen molar-refractivity contribution in [1.82, 2.24) is 9.47 Å². The predicted molar refractivity (Wildman–Crippen MR) is 101 cm³/mol. The smallest absolute Gasteiger partial charge is 0.416 e. The number of nitriles is 1. The average molecular weight is 407 g/mol. The summed E-state index contributed by atoms with van der Waals surface area (Å²) in [7, 11) is 3.10. The quantitative estimate of drug-likeness (QED) is 0.787. The SMILES string of the molecule is COC(=O)c1c(N)c(C#N)cn1-c1cc(C(F)(F)F)ccc1N1CCN(C)CC1. The molecule has 0 radical (unpaired) electrons. The standard InChI is InChI=1S/C19H20F3N5O2/c1-25-5-7-26(8-6-25)14-4-3-13(19(20,21)22)9-15(14)27-11-12(10-23)16(24)17(27)18(28)29-2/h3-4,9,11H,5-8,24H2,1-2H3. The van der Waals surface area contributed by atoms with Crippen molar-refractivity contribution in [2.24, 2.45) is 0 Å². The Balaban J connectivity index is 2.24. The van der Waals surface area contributed by atoms with Crippen molar-refractivity contribution in [3.05, 3.63) is 41.2 Å². The molecule has 0 unspecified atom stereocenters. The Labute approximate surface area is 165 Å². The van der Waals surface area contributed by atoms with Crippen LogP contribution in [0.2, 0.25) is 0 Å². The topological polar surface area (TPSA) is 87.5 Å². The molecule has 1 fully saturated rings. The molecule has 0 amide bonds. The van der Waals surface area contributed by atoms with E-state index in [1.165, 1.54) is 16.8 Å². The number of likely N-dealkylation sites (N-methyl/N-ethyl adjacent to an activating group) is 1. The molecule has 1 aromatic carbocycles. The number of benzene rings is 1. The third kappa shape index (κ3) is 3.86. The second-order valence-electron chi connectivity index (χ2n) is 6.77. The number of carbonyl (C=O) groups excluding carboxylic acids is 1. The van der Waals surface area contributed by atoms with Crippen molar-refractivity contribution < 1.29 is 22.7 Å². The Bertz CT molecular complexity index is 969. The number of ether oxygens (including phenoxy) is 1. The first-order chi connectivity index (χ1) is 13.7. The van der Waals surface area contributed by atoms with Gasteiger partial charge < -0.3 is 24.8 Å². The number of halogens is 3. The molecule has 0 saturated carbocycles. The molecule has 0 atom stereocenters.